The van der Waals surface area contributed by atoms with Crippen LogP contribution in [0, 0.1) is 0 Å². The minimum absolute atomic E-state index is 0.0261. The Hall–Kier alpha value is -3.65. The Labute approximate surface area is 215 Å². The SMILES string of the molecule is O=c1ccc2c([C@@H](O)CNCCc3ccc(O)c(C4(c5ccccc5)CCNCC4)c3)ccc(O)c2[nH]1. The molecule has 0 saturated carbocycles. The number of piperidine rings is 1. The van der Waals surface area contributed by atoms with Crippen molar-refractivity contribution in [1.29, 1.82) is 0 Å². The van der Waals surface area contributed by atoms with Gasteiger partial charge in [-0.3, -0.25) is 4.79 Å². The van der Waals surface area contributed by atoms with E-state index >= 15 is 0 Å². The monoisotopic (exact) mass is 499 g/mol. The lowest BCUT2D eigenvalue weighted by atomic mass is 9.67. The third-order valence-electron chi connectivity index (χ3n) is 7.55. The van der Waals surface area contributed by atoms with E-state index in [1.165, 1.54) is 17.7 Å². The second kappa shape index (κ2) is 10.8. The Morgan fingerprint density at radius 2 is 1.68 bits per heavy atom. The first-order chi connectivity index (χ1) is 18.0. The number of aromatic hydroxyl groups is 2. The highest BCUT2D eigenvalue weighted by atomic mass is 16.3. The fraction of sp³-hybridized carbons (Fsp3) is 0.300. The summed E-state index contributed by atoms with van der Waals surface area (Å²) in [6, 6.07) is 22.5. The largest absolute Gasteiger partial charge is 0.508 e. The standard InChI is InChI=1S/C30H33N3O4/c34-25-9-6-20(18-24(25)30(13-16-31-17-14-30)21-4-2-1-3-5-21)12-15-32-19-27(36)22-7-10-26(35)29-23(22)8-11-28(37)33-29/h1-11,18,27,31-32,34-36H,12-17,19H2,(H,33,37)/t27-/m0/s1. The Bertz CT molecular complexity index is 1430. The molecule has 0 radical (unpaired) electrons. The van der Waals surface area contributed by atoms with Crippen LogP contribution in [0.1, 0.15) is 41.2 Å². The van der Waals surface area contributed by atoms with Gasteiger partial charge in [0.15, 0.2) is 0 Å². The van der Waals surface area contributed by atoms with Crippen LogP contribution in [-0.4, -0.2) is 46.5 Å². The van der Waals surface area contributed by atoms with E-state index in [-0.39, 0.29) is 16.7 Å². The zero-order valence-corrected chi connectivity index (χ0v) is 20.7. The number of H-pyrrole nitrogens is 1. The molecule has 1 saturated heterocycles. The van der Waals surface area contributed by atoms with E-state index in [9.17, 15) is 20.1 Å². The number of aromatic nitrogens is 1. The Kier molecular flexibility index (Phi) is 7.28. The second-order valence-electron chi connectivity index (χ2n) is 9.80. The summed E-state index contributed by atoms with van der Waals surface area (Å²) in [5, 5.41) is 39.2. The van der Waals surface area contributed by atoms with E-state index in [0.717, 1.165) is 43.5 Å². The highest BCUT2D eigenvalue weighted by molar-refractivity contribution is 5.87. The second-order valence-corrected chi connectivity index (χ2v) is 9.80. The molecule has 0 spiro atoms. The number of fused-ring (bicyclic) bond motifs is 1. The number of benzene rings is 3. The zero-order valence-electron chi connectivity index (χ0n) is 20.7. The van der Waals surface area contributed by atoms with Crippen LogP contribution in [0.25, 0.3) is 10.9 Å². The van der Waals surface area contributed by atoms with Crippen LogP contribution >= 0.6 is 0 Å². The van der Waals surface area contributed by atoms with E-state index < -0.39 is 6.10 Å². The minimum atomic E-state index is -0.805. The molecule has 0 aliphatic carbocycles. The minimum Gasteiger partial charge on any atom is -0.508 e. The summed E-state index contributed by atoms with van der Waals surface area (Å²) in [5.41, 5.74) is 3.76. The molecule has 7 nitrogen and oxygen atoms in total. The van der Waals surface area contributed by atoms with Crippen LogP contribution in [0.5, 0.6) is 11.5 Å². The third kappa shape index (κ3) is 5.11. The summed E-state index contributed by atoms with van der Waals surface area (Å²) in [6.07, 6.45) is 1.78. The number of aliphatic hydroxyl groups excluding tert-OH is 1. The summed E-state index contributed by atoms with van der Waals surface area (Å²) < 4.78 is 0. The van der Waals surface area contributed by atoms with Crippen molar-refractivity contribution < 1.29 is 15.3 Å². The van der Waals surface area contributed by atoms with E-state index in [4.69, 9.17) is 0 Å². The number of aliphatic hydroxyl groups is 1. The smallest absolute Gasteiger partial charge is 0.248 e. The molecule has 1 aliphatic rings. The zero-order chi connectivity index (χ0) is 25.8. The first-order valence-electron chi connectivity index (χ1n) is 12.8. The molecule has 2 heterocycles. The highest BCUT2D eigenvalue weighted by Crippen LogP contribution is 2.44. The lowest BCUT2D eigenvalue weighted by molar-refractivity contribution is 0.176. The van der Waals surface area contributed by atoms with Gasteiger partial charge in [0, 0.05) is 29.0 Å². The van der Waals surface area contributed by atoms with Crippen molar-refractivity contribution in [2.75, 3.05) is 26.2 Å². The van der Waals surface area contributed by atoms with Crippen molar-refractivity contribution in [2.45, 2.75) is 30.8 Å². The first-order valence-corrected chi connectivity index (χ1v) is 12.8. The number of hydrogen-bond donors (Lipinski definition) is 6. The quantitative estimate of drug-likeness (QED) is 0.207. The van der Waals surface area contributed by atoms with Crippen molar-refractivity contribution in [3.8, 4) is 11.5 Å². The maximum absolute atomic E-state index is 11.6. The van der Waals surface area contributed by atoms with Crippen LogP contribution in [0.15, 0.2) is 77.6 Å². The van der Waals surface area contributed by atoms with Gasteiger partial charge in [0.2, 0.25) is 5.56 Å². The number of pyridine rings is 1. The predicted octanol–water partition coefficient (Wildman–Crippen LogP) is 3.47. The number of nitrogens with one attached hydrogen (secondary N) is 3. The maximum Gasteiger partial charge on any atom is 0.248 e. The van der Waals surface area contributed by atoms with Gasteiger partial charge < -0.3 is 30.9 Å². The topological polar surface area (TPSA) is 118 Å². The Morgan fingerprint density at radius 1 is 0.919 bits per heavy atom. The molecule has 3 aromatic carbocycles. The average Bonchev–Trinajstić information content (AvgIpc) is 2.93. The van der Waals surface area contributed by atoms with Gasteiger partial charge in [0.25, 0.3) is 0 Å². The normalized spacial score (nSPS) is 16.0. The first kappa shape index (κ1) is 25.0. The van der Waals surface area contributed by atoms with Crippen molar-refractivity contribution in [3.63, 3.8) is 0 Å². The summed E-state index contributed by atoms with van der Waals surface area (Å²) in [5.74, 6) is 0.303. The molecule has 1 aliphatic heterocycles. The highest BCUT2D eigenvalue weighted by Gasteiger charge is 2.37. The number of aromatic amines is 1. The van der Waals surface area contributed by atoms with E-state index in [2.05, 4.69) is 45.9 Å². The number of phenols is 2. The maximum atomic E-state index is 11.6. The average molecular weight is 500 g/mol. The number of phenolic OH excluding ortho intramolecular Hbond substituents is 2. The predicted molar refractivity (Wildman–Crippen MR) is 145 cm³/mol. The lowest BCUT2D eigenvalue weighted by Crippen LogP contribution is -2.40. The summed E-state index contributed by atoms with van der Waals surface area (Å²) in [6.45, 7) is 2.77. The Morgan fingerprint density at radius 3 is 2.46 bits per heavy atom. The van der Waals surface area contributed by atoms with Crippen molar-refractivity contribution in [3.05, 3.63) is 105 Å². The van der Waals surface area contributed by atoms with Crippen molar-refractivity contribution in [2.24, 2.45) is 0 Å². The van der Waals surface area contributed by atoms with Crippen LogP contribution in [0.4, 0.5) is 0 Å². The molecule has 1 aromatic heterocycles. The molecule has 37 heavy (non-hydrogen) atoms. The molecule has 192 valence electrons. The van der Waals surface area contributed by atoms with Gasteiger partial charge in [0.05, 0.1) is 11.6 Å². The van der Waals surface area contributed by atoms with Crippen molar-refractivity contribution >= 4 is 10.9 Å². The van der Waals surface area contributed by atoms with Gasteiger partial charge in [-0.1, -0.05) is 48.5 Å². The fourth-order valence-corrected chi connectivity index (χ4v) is 5.58. The van der Waals surface area contributed by atoms with Gasteiger partial charge in [-0.15, -0.1) is 0 Å². The molecule has 0 bridgehead atoms. The summed E-state index contributed by atoms with van der Waals surface area (Å²) in [7, 11) is 0. The molecule has 0 unspecified atom stereocenters. The van der Waals surface area contributed by atoms with Crippen LogP contribution in [0.3, 0.4) is 0 Å². The molecule has 1 fully saturated rings. The van der Waals surface area contributed by atoms with E-state index in [0.29, 0.717) is 35.3 Å². The molecule has 4 aromatic rings. The summed E-state index contributed by atoms with van der Waals surface area (Å²) >= 11 is 0. The van der Waals surface area contributed by atoms with E-state index in [1.807, 2.05) is 12.1 Å². The molecule has 1 atom stereocenters. The fourth-order valence-electron chi connectivity index (χ4n) is 5.58. The third-order valence-corrected chi connectivity index (χ3v) is 7.55. The summed E-state index contributed by atoms with van der Waals surface area (Å²) in [4.78, 5) is 14.3. The van der Waals surface area contributed by atoms with Crippen LogP contribution in [0.2, 0.25) is 0 Å². The van der Waals surface area contributed by atoms with Gasteiger partial charge in [-0.25, -0.2) is 0 Å². The van der Waals surface area contributed by atoms with Crippen LogP contribution in [-0.2, 0) is 11.8 Å². The van der Waals surface area contributed by atoms with Crippen molar-refractivity contribution in [1.82, 2.24) is 15.6 Å². The molecule has 5 rings (SSSR count). The van der Waals surface area contributed by atoms with Gasteiger partial charge in [0.1, 0.15) is 11.5 Å². The van der Waals surface area contributed by atoms with E-state index in [1.54, 1.807) is 18.2 Å². The molecule has 0 amide bonds. The van der Waals surface area contributed by atoms with Gasteiger partial charge >= 0.3 is 0 Å². The number of hydrogen-bond acceptors (Lipinski definition) is 6. The number of rotatable bonds is 8. The van der Waals surface area contributed by atoms with Gasteiger partial charge in [-0.2, -0.15) is 0 Å². The molecular weight excluding hydrogens is 466 g/mol. The molecular formula is C30H33N3O4. The molecule has 6 N–H and O–H groups in total. The van der Waals surface area contributed by atoms with Gasteiger partial charge in [-0.05, 0) is 73.8 Å². The van der Waals surface area contributed by atoms with Crippen LogP contribution < -0.4 is 16.2 Å². The lowest BCUT2D eigenvalue weighted by Gasteiger charge is -2.39. The molecule has 7 heteroatoms. The Balaban J connectivity index is 1.29.